The van der Waals surface area contributed by atoms with Gasteiger partial charge < -0.3 is 10.2 Å². The summed E-state index contributed by atoms with van der Waals surface area (Å²) in [5.41, 5.74) is -1.66. The number of carboxylic acids is 1. The summed E-state index contributed by atoms with van der Waals surface area (Å²) in [4.78, 5) is 9.95. The van der Waals surface area contributed by atoms with Crippen molar-refractivity contribution in [2.24, 2.45) is 0 Å². The molecule has 0 saturated carbocycles. The third-order valence-electron chi connectivity index (χ3n) is 1.40. The Balaban J connectivity index is 4.23. The maximum absolute atomic E-state index is 10.3. The molecule has 0 saturated heterocycles. The fourth-order valence-corrected chi connectivity index (χ4v) is 0.727. The zero-order chi connectivity index (χ0) is 8.36. The summed E-state index contributed by atoms with van der Waals surface area (Å²) in [5.74, 6) is -1.20. The topological polar surface area (TPSA) is 57.5 Å². The van der Waals surface area contributed by atoms with E-state index in [1.54, 1.807) is 6.92 Å². The molecule has 0 aromatic carbocycles. The Morgan fingerprint density at radius 1 is 1.80 bits per heavy atom. The van der Waals surface area contributed by atoms with Gasteiger partial charge in [0, 0.05) is 0 Å². The first-order chi connectivity index (χ1) is 4.42. The van der Waals surface area contributed by atoms with E-state index >= 15 is 0 Å². The molecule has 0 amide bonds. The van der Waals surface area contributed by atoms with Gasteiger partial charge in [-0.15, -0.1) is 0 Å². The van der Waals surface area contributed by atoms with Crippen LogP contribution < -0.4 is 0 Å². The van der Waals surface area contributed by atoms with Crippen LogP contribution in [-0.4, -0.2) is 26.6 Å². The monoisotopic (exact) mass is 210 g/mol. The fraction of sp³-hybridized carbons (Fsp3) is 0.833. The predicted octanol–water partition coefficient (Wildman–Crippen LogP) is 0.996. The molecule has 0 radical (unpaired) electrons. The first-order valence-electron chi connectivity index (χ1n) is 3.02. The van der Waals surface area contributed by atoms with Crippen LogP contribution in [0.2, 0.25) is 0 Å². The molecule has 3 nitrogen and oxygen atoms in total. The van der Waals surface area contributed by atoms with E-state index in [0.29, 0.717) is 6.42 Å². The van der Waals surface area contributed by atoms with E-state index in [-0.39, 0.29) is 0 Å². The number of alkyl halides is 1. The Morgan fingerprint density at radius 3 is 2.30 bits per heavy atom. The third kappa shape index (κ3) is 1.95. The third-order valence-corrected chi connectivity index (χ3v) is 2.94. The number of halogens is 1. The highest BCUT2D eigenvalue weighted by Gasteiger charge is 2.36. The van der Waals surface area contributed by atoms with Gasteiger partial charge >= 0.3 is 5.97 Å². The summed E-state index contributed by atoms with van der Waals surface area (Å²) in [7, 11) is 0. The summed E-state index contributed by atoms with van der Waals surface area (Å²) < 4.78 is 0. The van der Waals surface area contributed by atoms with Gasteiger partial charge in [0.25, 0.3) is 0 Å². The van der Waals surface area contributed by atoms with E-state index in [1.165, 1.54) is 6.92 Å². The molecule has 0 aliphatic heterocycles. The van der Waals surface area contributed by atoms with Gasteiger partial charge in [-0.1, -0.05) is 22.9 Å². The molecule has 0 aliphatic carbocycles. The van der Waals surface area contributed by atoms with Crippen LogP contribution >= 0.6 is 15.9 Å². The second-order valence-corrected chi connectivity index (χ2v) is 3.43. The lowest BCUT2D eigenvalue weighted by molar-refractivity contribution is -0.156. The number of carbonyl (C=O) groups is 1. The Morgan fingerprint density at radius 2 is 2.20 bits per heavy atom. The van der Waals surface area contributed by atoms with Crippen molar-refractivity contribution in [3.63, 3.8) is 0 Å². The Labute approximate surface area is 68.2 Å². The number of aliphatic hydroxyl groups is 1. The molecule has 0 heterocycles. The molecule has 2 atom stereocenters. The van der Waals surface area contributed by atoms with E-state index in [2.05, 4.69) is 15.9 Å². The summed E-state index contributed by atoms with van der Waals surface area (Å²) in [6.07, 6.45) is 0.583. The van der Waals surface area contributed by atoms with Gasteiger partial charge in [-0.3, -0.25) is 0 Å². The van der Waals surface area contributed by atoms with Crippen molar-refractivity contribution in [2.75, 3.05) is 0 Å². The molecular formula is C6H11BrO3. The van der Waals surface area contributed by atoms with Gasteiger partial charge in [-0.05, 0) is 13.3 Å². The SMILES string of the molecule is CC[C@@H](Br)[C@@](C)(O)C(=O)O. The fourth-order valence-electron chi connectivity index (χ4n) is 0.531. The van der Waals surface area contributed by atoms with E-state index in [4.69, 9.17) is 5.11 Å². The lowest BCUT2D eigenvalue weighted by Gasteiger charge is -2.22. The van der Waals surface area contributed by atoms with Crippen LogP contribution in [0.4, 0.5) is 0 Å². The van der Waals surface area contributed by atoms with E-state index < -0.39 is 16.4 Å². The van der Waals surface area contributed by atoms with Crippen LogP contribution in [0.1, 0.15) is 20.3 Å². The number of hydrogen-bond donors (Lipinski definition) is 2. The second-order valence-electron chi connectivity index (χ2n) is 2.33. The Hall–Kier alpha value is -0.0900. The lowest BCUT2D eigenvalue weighted by Crippen LogP contribution is -2.43. The van der Waals surface area contributed by atoms with Gasteiger partial charge in [0.1, 0.15) is 0 Å². The molecule has 4 heteroatoms. The molecule has 0 aromatic rings. The predicted molar refractivity (Wildman–Crippen MR) is 41.3 cm³/mol. The maximum atomic E-state index is 10.3. The maximum Gasteiger partial charge on any atom is 0.336 e. The zero-order valence-corrected chi connectivity index (χ0v) is 7.55. The van der Waals surface area contributed by atoms with Crippen LogP contribution in [0.15, 0.2) is 0 Å². The van der Waals surface area contributed by atoms with Gasteiger partial charge in [0.05, 0.1) is 4.83 Å². The molecular weight excluding hydrogens is 200 g/mol. The number of aliphatic carboxylic acids is 1. The molecule has 0 unspecified atom stereocenters. The molecule has 0 spiro atoms. The molecule has 10 heavy (non-hydrogen) atoms. The minimum absolute atomic E-state index is 0.391. The van der Waals surface area contributed by atoms with Crippen LogP contribution in [0, 0.1) is 0 Å². The van der Waals surface area contributed by atoms with Crippen molar-refractivity contribution in [3.8, 4) is 0 Å². The van der Waals surface area contributed by atoms with Crippen LogP contribution in [0.3, 0.4) is 0 Å². The molecule has 0 aromatic heterocycles. The van der Waals surface area contributed by atoms with Gasteiger partial charge in [0.2, 0.25) is 0 Å². The molecule has 0 bridgehead atoms. The van der Waals surface area contributed by atoms with Gasteiger partial charge in [-0.2, -0.15) is 0 Å². The van der Waals surface area contributed by atoms with Crippen LogP contribution in [0.5, 0.6) is 0 Å². The summed E-state index contributed by atoms with van der Waals surface area (Å²) in [6, 6.07) is 0. The average Bonchev–Trinajstić information content (AvgIpc) is 1.86. The summed E-state index contributed by atoms with van der Waals surface area (Å²) in [5, 5.41) is 17.7. The highest BCUT2D eigenvalue weighted by atomic mass is 79.9. The molecule has 2 N–H and O–H groups in total. The van der Waals surface area contributed by atoms with Crippen LogP contribution in [-0.2, 0) is 4.79 Å². The van der Waals surface area contributed by atoms with Gasteiger partial charge in [0.15, 0.2) is 5.60 Å². The molecule has 60 valence electrons. The highest BCUT2D eigenvalue weighted by molar-refractivity contribution is 9.09. The minimum Gasteiger partial charge on any atom is -0.479 e. The quantitative estimate of drug-likeness (QED) is 0.684. The summed E-state index contributed by atoms with van der Waals surface area (Å²) in [6.45, 7) is 3.08. The van der Waals surface area contributed by atoms with Gasteiger partial charge in [-0.25, -0.2) is 4.79 Å². The normalized spacial score (nSPS) is 19.6. The zero-order valence-electron chi connectivity index (χ0n) is 5.97. The van der Waals surface area contributed by atoms with Crippen LogP contribution in [0.25, 0.3) is 0 Å². The average molecular weight is 211 g/mol. The van der Waals surface area contributed by atoms with Crippen molar-refractivity contribution in [2.45, 2.75) is 30.7 Å². The number of hydrogen-bond acceptors (Lipinski definition) is 2. The van der Waals surface area contributed by atoms with E-state index in [9.17, 15) is 9.90 Å². The van der Waals surface area contributed by atoms with Crippen molar-refractivity contribution in [1.29, 1.82) is 0 Å². The van der Waals surface area contributed by atoms with Crippen molar-refractivity contribution >= 4 is 21.9 Å². The van der Waals surface area contributed by atoms with E-state index in [0.717, 1.165) is 0 Å². The first kappa shape index (κ1) is 9.91. The minimum atomic E-state index is -1.66. The second kappa shape index (κ2) is 3.34. The van der Waals surface area contributed by atoms with Crippen molar-refractivity contribution in [3.05, 3.63) is 0 Å². The van der Waals surface area contributed by atoms with E-state index in [1.807, 2.05) is 0 Å². The largest absolute Gasteiger partial charge is 0.479 e. The lowest BCUT2D eigenvalue weighted by atomic mass is 10.0. The first-order valence-corrected chi connectivity index (χ1v) is 3.94. The van der Waals surface area contributed by atoms with Crippen molar-refractivity contribution < 1.29 is 15.0 Å². The molecule has 0 aliphatic rings. The molecule has 0 rings (SSSR count). The Kier molecular flexibility index (Phi) is 3.31. The summed E-state index contributed by atoms with van der Waals surface area (Å²) >= 11 is 3.07. The molecule has 0 fully saturated rings. The number of carboxylic acid groups (broad SMARTS) is 1. The smallest absolute Gasteiger partial charge is 0.336 e. The standard InChI is InChI=1S/C6H11BrO3/c1-3-4(7)6(2,10)5(8)9/h4,10H,3H2,1-2H3,(H,8,9)/t4-,6-/m1/s1. The highest BCUT2D eigenvalue weighted by Crippen LogP contribution is 2.20. The van der Waals surface area contributed by atoms with Crippen molar-refractivity contribution in [1.82, 2.24) is 0 Å². The Bertz CT molecular complexity index is 133. The number of rotatable bonds is 3.